The summed E-state index contributed by atoms with van der Waals surface area (Å²) >= 11 is 6.01. The van der Waals surface area contributed by atoms with Gasteiger partial charge >= 0.3 is 0 Å². The summed E-state index contributed by atoms with van der Waals surface area (Å²) in [7, 11) is -3.83. The molecule has 0 bridgehead atoms. The number of rotatable bonds is 3. The molecule has 2 fully saturated rings. The molecular formula is C15H21Cl2N3O4S. The van der Waals surface area contributed by atoms with Gasteiger partial charge in [-0.2, -0.15) is 4.31 Å². The van der Waals surface area contributed by atoms with E-state index >= 15 is 0 Å². The Morgan fingerprint density at radius 1 is 1.32 bits per heavy atom. The van der Waals surface area contributed by atoms with Crippen LogP contribution in [-0.2, 0) is 10.0 Å². The van der Waals surface area contributed by atoms with Gasteiger partial charge in [0.05, 0.1) is 14.8 Å². The van der Waals surface area contributed by atoms with Crippen molar-refractivity contribution in [3.63, 3.8) is 0 Å². The van der Waals surface area contributed by atoms with Crippen LogP contribution in [0.3, 0.4) is 0 Å². The second-order valence-electron chi connectivity index (χ2n) is 6.65. The Hall–Kier alpha value is -0.930. The maximum Gasteiger partial charge on any atom is 0.275 e. The second kappa shape index (κ2) is 7.36. The number of hydrogen-bond donors (Lipinski definition) is 1. The Kier molecular flexibility index (Phi) is 6.00. The molecule has 0 radical (unpaired) electrons. The molecule has 0 spiro atoms. The van der Waals surface area contributed by atoms with E-state index in [4.69, 9.17) is 17.3 Å². The number of nitro groups is 1. The van der Waals surface area contributed by atoms with Gasteiger partial charge in [0.15, 0.2) is 0 Å². The number of nitrogens with zero attached hydrogens (tertiary/aromatic N) is 2. The summed E-state index contributed by atoms with van der Waals surface area (Å²) in [5.41, 5.74) is 6.12. The molecule has 0 amide bonds. The minimum Gasteiger partial charge on any atom is -0.327 e. The maximum absolute atomic E-state index is 12.9. The lowest BCUT2D eigenvalue weighted by Gasteiger charge is -2.29. The summed E-state index contributed by atoms with van der Waals surface area (Å²) in [6.07, 6.45) is 2.90. The number of hydrogen-bond acceptors (Lipinski definition) is 5. The molecule has 1 aromatic carbocycles. The molecule has 3 atom stereocenters. The van der Waals surface area contributed by atoms with Crippen LogP contribution in [0.2, 0.25) is 5.02 Å². The first-order valence-corrected chi connectivity index (χ1v) is 9.74. The van der Waals surface area contributed by atoms with Gasteiger partial charge in [-0.15, -0.1) is 12.4 Å². The normalized spacial score (nSPS) is 26.8. The van der Waals surface area contributed by atoms with E-state index in [0.29, 0.717) is 13.1 Å². The second-order valence-corrected chi connectivity index (χ2v) is 8.99. The van der Waals surface area contributed by atoms with Crippen LogP contribution >= 0.6 is 24.0 Å². The molecule has 1 saturated carbocycles. The third-order valence-electron chi connectivity index (χ3n) is 5.25. The van der Waals surface area contributed by atoms with E-state index in [9.17, 15) is 18.5 Å². The molecule has 3 rings (SSSR count). The smallest absolute Gasteiger partial charge is 0.275 e. The summed E-state index contributed by atoms with van der Waals surface area (Å²) in [4.78, 5) is 10.4. The average Bonchev–Trinajstić information content (AvgIpc) is 2.95. The fourth-order valence-corrected chi connectivity index (χ4v) is 5.66. The first kappa shape index (κ1) is 20.4. The molecule has 0 aromatic heterocycles. The van der Waals surface area contributed by atoms with Gasteiger partial charge in [-0.1, -0.05) is 18.0 Å². The van der Waals surface area contributed by atoms with E-state index in [0.717, 1.165) is 25.3 Å². The van der Waals surface area contributed by atoms with Gasteiger partial charge < -0.3 is 5.73 Å². The number of sulfonamides is 1. The molecule has 25 heavy (non-hydrogen) atoms. The number of nitrogens with two attached hydrogens (primary N) is 1. The minimum absolute atomic E-state index is 0. The number of halogens is 2. The van der Waals surface area contributed by atoms with Gasteiger partial charge in [0.1, 0.15) is 0 Å². The molecule has 2 N–H and O–H groups in total. The lowest BCUT2D eigenvalue weighted by molar-refractivity contribution is -0.385. The molecule has 2 aliphatic rings. The Morgan fingerprint density at radius 2 is 2.00 bits per heavy atom. The fraction of sp³-hybridized carbons (Fsp3) is 0.600. The van der Waals surface area contributed by atoms with Gasteiger partial charge in [-0.3, -0.25) is 10.1 Å². The number of nitro benzene ring substituents is 1. The largest absolute Gasteiger partial charge is 0.327 e. The van der Waals surface area contributed by atoms with Crippen molar-refractivity contribution >= 4 is 39.7 Å². The lowest BCUT2D eigenvalue weighted by Crippen LogP contribution is -2.38. The molecule has 1 heterocycles. The Morgan fingerprint density at radius 3 is 2.60 bits per heavy atom. The standard InChI is InChI=1S/C15H20ClN3O4S.ClH/c1-9-13(16)5-11(6-15(9)19(20)21)24(22,23)18-7-10-3-2-4-14(17)12(10)8-18;/h5-6,10,12,14H,2-4,7-8,17H2,1H3;1H. The molecule has 1 aromatic rings. The van der Waals surface area contributed by atoms with Gasteiger partial charge in [0.25, 0.3) is 5.69 Å². The third-order valence-corrected chi connectivity index (χ3v) is 7.45. The van der Waals surface area contributed by atoms with Crippen molar-refractivity contribution in [3.8, 4) is 0 Å². The van der Waals surface area contributed by atoms with E-state index in [1.165, 1.54) is 17.3 Å². The van der Waals surface area contributed by atoms with Crippen molar-refractivity contribution in [2.75, 3.05) is 13.1 Å². The van der Waals surface area contributed by atoms with E-state index < -0.39 is 14.9 Å². The molecule has 7 nitrogen and oxygen atoms in total. The van der Waals surface area contributed by atoms with Crippen molar-refractivity contribution in [1.29, 1.82) is 0 Å². The first-order chi connectivity index (χ1) is 11.2. The van der Waals surface area contributed by atoms with E-state index in [2.05, 4.69) is 0 Å². The monoisotopic (exact) mass is 409 g/mol. The van der Waals surface area contributed by atoms with E-state index in [-0.39, 0.29) is 51.5 Å². The fourth-order valence-electron chi connectivity index (χ4n) is 3.80. The molecule has 1 aliphatic heterocycles. The van der Waals surface area contributed by atoms with Crippen molar-refractivity contribution in [2.24, 2.45) is 17.6 Å². The quantitative estimate of drug-likeness (QED) is 0.609. The lowest BCUT2D eigenvalue weighted by atomic mass is 9.78. The first-order valence-electron chi connectivity index (χ1n) is 7.92. The Labute approximate surface area is 158 Å². The highest BCUT2D eigenvalue weighted by Gasteiger charge is 2.43. The summed E-state index contributed by atoms with van der Waals surface area (Å²) in [5.74, 6) is 0.420. The molecule has 1 aliphatic carbocycles. The van der Waals surface area contributed by atoms with Crippen molar-refractivity contribution in [2.45, 2.75) is 37.1 Å². The van der Waals surface area contributed by atoms with Crippen molar-refractivity contribution in [1.82, 2.24) is 4.31 Å². The summed E-state index contributed by atoms with van der Waals surface area (Å²) in [6.45, 7) is 2.29. The zero-order chi connectivity index (χ0) is 17.6. The topological polar surface area (TPSA) is 107 Å². The molecule has 10 heteroatoms. The Balaban J connectivity index is 0.00000225. The van der Waals surface area contributed by atoms with Crippen LogP contribution in [0.1, 0.15) is 24.8 Å². The van der Waals surface area contributed by atoms with Crippen LogP contribution < -0.4 is 5.73 Å². The predicted molar refractivity (Wildman–Crippen MR) is 97.7 cm³/mol. The van der Waals surface area contributed by atoms with Crippen LogP contribution in [0, 0.1) is 28.9 Å². The summed E-state index contributed by atoms with van der Waals surface area (Å²) in [5, 5.41) is 11.2. The zero-order valence-electron chi connectivity index (χ0n) is 13.7. The maximum atomic E-state index is 12.9. The van der Waals surface area contributed by atoms with Crippen LogP contribution in [0.25, 0.3) is 0 Å². The highest BCUT2D eigenvalue weighted by atomic mass is 35.5. The van der Waals surface area contributed by atoms with Crippen molar-refractivity contribution in [3.05, 3.63) is 32.8 Å². The molecule has 1 saturated heterocycles. The number of fused-ring (bicyclic) bond motifs is 1. The Bertz CT molecular complexity index is 787. The van der Waals surface area contributed by atoms with E-state index in [1.807, 2.05) is 0 Å². The van der Waals surface area contributed by atoms with Crippen LogP contribution in [0.4, 0.5) is 5.69 Å². The predicted octanol–water partition coefficient (Wildman–Crippen LogP) is 2.73. The minimum atomic E-state index is -3.83. The van der Waals surface area contributed by atoms with Gasteiger partial charge in [-0.25, -0.2) is 8.42 Å². The average molecular weight is 410 g/mol. The number of benzene rings is 1. The SMILES string of the molecule is Cc1c(Cl)cc(S(=O)(=O)N2CC3CCCC(N)C3C2)cc1[N+](=O)[O-].Cl. The summed E-state index contributed by atoms with van der Waals surface area (Å²) < 4.78 is 27.3. The zero-order valence-corrected chi connectivity index (χ0v) is 16.1. The third kappa shape index (κ3) is 3.64. The highest BCUT2D eigenvalue weighted by molar-refractivity contribution is 7.89. The highest BCUT2D eigenvalue weighted by Crippen LogP contribution is 2.39. The van der Waals surface area contributed by atoms with Crippen LogP contribution in [-0.4, -0.2) is 36.8 Å². The van der Waals surface area contributed by atoms with Gasteiger partial charge in [0.2, 0.25) is 10.0 Å². The van der Waals surface area contributed by atoms with Crippen LogP contribution in [0.5, 0.6) is 0 Å². The van der Waals surface area contributed by atoms with Crippen LogP contribution in [0.15, 0.2) is 17.0 Å². The molecule has 140 valence electrons. The van der Waals surface area contributed by atoms with Gasteiger partial charge in [-0.05, 0) is 37.7 Å². The molecular weight excluding hydrogens is 389 g/mol. The molecule has 3 unspecified atom stereocenters. The van der Waals surface area contributed by atoms with Crippen molar-refractivity contribution < 1.29 is 13.3 Å². The van der Waals surface area contributed by atoms with Gasteiger partial charge in [0, 0.05) is 30.8 Å². The summed E-state index contributed by atoms with van der Waals surface area (Å²) in [6, 6.07) is 2.40. The van der Waals surface area contributed by atoms with E-state index in [1.54, 1.807) is 0 Å².